The topological polar surface area (TPSA) is 47.9 Å². The largest absolute Gasteiger partial charge is 0.486 e. The normalized spacial score (nSPS) is 19.0. The number of benzene rings is 1. The van der Waals surface area contributed by atoms with Gasteiger partial charge in [-0.25, -0.2) is 9.18 Å². The van der Waals surface area contributed by atoms with Gasteiger partial charge in [-0.3, -0.25) is 0 Å². The van der Waals surface area contributed by atoms with Gasteiger partial charge in [0.25, 0.3) is 0 Å². The van der Waals surface area contributed by atoms with Crippen molar-refractivity contribution in [1.29, 1.82) is 0 Å². The number of aliphatic imine (C=N–C) groups is 1. The summed E-state index contributed by atoms with van der Waals surface area (Å²) in [6, 6.07) is 1.52. The number of fused-ring (bicyclic) bond motifs is 1. The molecule has 6 heteroatoms. The van der Waals surface area contributed by atoms with Crippen molar-refractivity contribution in [2.75, 3.05) is 13.2 Å². The molecule has 1 aromatic rings. The fourth-order valence-corrected chi connectivity index (χ4v) is 2.36. The Hall–Kier alpha value is -1.58. The smallest absolute Gasteiger partial charge is 0.235 e. The lowest BCUT2D eigenvalue weighted by Crippen LogP contribution is -2.17. The van der Waals surface area contributed by atoms with Gasteiger partial charge in [0.15, 0.2) is 17.3 Å². The Morgan fingerprint density at radius 2 is 2.11 bits per heavy atom. The molecule has 0 unspecified atom stereocenters. The lowest BCUT2D eigenvalue weighted by molar-refractivity contribution is 0.170. The van der Waals surface area contributed by atoms with Crippen LogP contribution in [-0.2, 0) is 10.3 Å². The second kappa shape index (κ2) is 3.97. The Bertz CT molecular complexity index is 565. The molecule has 1 fully saturated rings. The number of ether oxygens (including phenoxy) is 2. The monoisotopic (exact) mass is 269 g/mol. The van der Waals surface area contributed by atoms with Gasteiger partial charge < -0.3 is 9.47 Å². The summed E-state index contributed by atoms with van der Waals surface area (Å²) in [6.07, 6.45) is 2.70. The molecule has 4 nitrogen and oxygen atoms in total. The predicted molar refractivity (Wildman–Crippen MR) is 61.4 cm³/mol. The van der Waals surface area contributed by atoms with Crippen LogP contribution in [0.5, 0.6) is 11.5 Å². The highest BCUT2D eigenvalue weighted by atomic mass is 35.5. The Morgan fingerprint density at radius 1 is 1.39 bits per heavy atom. The first-order chi connectivity index (χ1) is 8.68. The van der Waals surface area contributed by atoms with Crippen LogP contribution in [0.2, 0.25) is 5.02 Å². The third-order valence-corrected chi connectivity index (χ3v) is 3.54. The summed E-state index contributed by atoms with van der Waals surface area (Å²) in [5.41, 5.74) is -0.536. The summed E-state index contributed by atoms with van der Waals surface area (Å²) < 4.78 is 24.9. The molecule has 0 N–H and O–H groups in total. The molecule has 0 bridgehead atoms. The maximum absolute atomic E-state index is 14.2. The average molecular weight is 270 g/mol. The summed E-state index contributed by atoms with van der Waals surface area (Å²) in [5, 5.41) is -0.116. The quantitative estimate of drug-likeness (QED) is 0.612. The van der Waals surface area contributed by atoms with Crippen molar-refractivity contribution in [3.05, 3.63) is 22.5 Å². The van der Waals surface area contributed by atoms with Crippen LogP contribution >= 0.6 is 11.6 Å². The minimum absolute atomic E-state index is 0.116. The molecule has 18 heavy (non-hydrogen) atoms. The molecule has 0 atom stereocenters. The molecule has 2 aliphatic rings. The Labute approximate surface area is 107 Å². The number of isocyanates is 1. The summed E-state index contributed by atoms with van der Waals surface area (Å²) >= 11 is 5.93. The fourth-order valence-electron chi connectivity index (χ4n) is 2.11. The molecule has 1 aliphatic heterocycles. The van der Waals surface area contributed by atoms with E-state index in [0.717, 1.165) is 0 Å². The Balaban J connectivity index is 2.16. The van der Waals surface area contributed by atoms with E-state index in [0.29, 0.717) is 31.8 Å². The summed E-state index contributed by atoms with van der Waals surface area (Å²) in [6.45, 7) is 0.724. The van der Waals surface area contributed by atoms with Crippen LogP contribution in [0.15, 0.2) is 11.1 Å². The fraction of sp³-hybridized carbons (Fsp3) is 0.417. The van der Waals surface area contributed by atoms with Gasteiger partial charge in [0.05, 0.1) is 0 Å². The third kappa shape index (κ3) is 1.59. The number of rotatable bonds is 2. The average Bonchev–Trinajstić information content (AvgIpc) is 3.15. The second-order valence-corrected chi connectivity index (χ2v) is 4.69. The van der Waals surface area contributed by atoms with Crippen LogP contribution in [0.25, 0.3) is 0 Å². The van der Waals surface area contributed by atoms with Gasteiger partial charge in [0.2, 0.25) is 6.08 Å². The van der Waals surface area contributed by atoms with Crippen molar-refractivity contribution in [3.8, 4) is 11.5 Å². The van der Waals surface area contributed by atoms with Gasteiger partial charge in [0.1, 0.15) is 23.8 Å². The Kier molecular flexibility index (Phi) is 2.54. The zero-order chi connectivity index (χ0) is 12.8. The summed E-state index contributed by atoms with van der Waals surface area (Å²) in [5.74, 6) is 0.0162. The lowest BCUT2D eigenvalue weighted by atomic mass is 10.0. The van der Waals surface area contributed by atoms with Crippen LogP contribution < -0.4 is 9.47 Å². The second-order valence-electron chi connectivity index (χ2n) is 4.31. The van der Waals surface area contributed by atoms with Crippen molar-refractivity contribution >= 4 is 17.7 Å². The molecule has 0 amide bonds. The van der Waals surface area contributed by atoms with Gasteiger partial charge in [-0.05, 0) is 18.9 Å². The first-order valence-corrected chi connectivity index (χ1v) is 5.93. The summed E-state index contributed by atoms with van der Waals surface area (Å²) in [7, 11) is 0. The molecule has 1 heterocycles. The van der Waals surface area contributed by atoms with Crippen LogP contribution in [0.1, 0.15) is 18.4 Å². The number of hydrogen-bond acceptors (Lipinski definition) is 4. The van der Waals surface area contributed by atoms with Crippen LogP contribution in [-0.4, -0.2) is 19.3 Å². The van der Waals surface area contributed by atoms with E-state index in [-0.39, 0.29) is 16.3 Å². The molecule has 1 saturated carbocycles. The number of nitrogens with zero attached hydrogens (tertiary/aromatic N) is 1. The van der Waals surface area contributed by atoms with Gasteiger partial charge in [-0.2, -0.15) is 4.99 Å². The standard InChI is InChI=1S/C12H9ClFNO3/c13-9-10(14)7(12(1-2-12)15-6-16)5-8-11(9)18-4-3-17-8/h5H,1-4H2. The van der Waals surface area contributed by atoms with Gasteiger partial charge in [-0.1, -0.05) is 11.6 Å². The maximum atomic E-state index is 14.2. The van der Waals surface area contributed by atoms with Crippen molar-refractivity contribution in [1.82, 2.24) is 0 Å². The maximum Gasteiger partial charge on any atom is 0.235 e. The predicted octanol–water partition coefficient (Wildman–Crippen LogP) is 2.58. The minimum Gasteiger partial charge on any atom is -0.486 e. The number of carbonyl (C=O) groups excluding carboxylic acids is 1. The van der Waals surface area contributed by atoms with Crippen molar-refractivity contribution in [2.24, 2.45) is 4.99 Å². The molecule has 0 spiro atoms. The van der Waals surface area contributed by atoms with E-state index >= 15 is 0 Å². The SMILES string of the molecule is O=C=NC1(c2cc3c(c(Cl)c2F)OCCO3)CC1. The minimum atomic E-state index is -0.814. The summed E-state index contributed by atoms with van der Waals surface area (Å²) in [4.78, 5) is 14.1. The van der Waals surface area contributed by atoms with E-state index < -0.39 is 11.4 Å². The molecule has 0 radical (unpaired) electrons. The van der Waals surface area contributed by atoms with Crippen LogP contribution in [0, 0.1) is 5.82 Å². The number of halogens is 2. The molecule has 0 saturated heterocycles. The number of hydrogen-bond donors (Lipinski definition) is 0. The van der Waals surface area contributed by atoms with Gasteiger partial charge >= 0.3 is 0 Å². The highest BCUT2D eigenvalue weighted by Crippen LogP contribution is 2.54. The van der Waals surface area contributed by atoms with Crippen LogP contribution in [0.3, 0.4) is 0 Å². The van der Waals surface area contributed by atoms with Gasteiger partial charge in [0, 0.05) is 5.56 Å². The van der Waals surface area contributed by atoms with E-state index in [9.17, 15) is 9.18 Å². The molecular weight excluding hydrogens is 261 g/mol. The zero-order valence-corrected chi connectivity index (χ0v) is 10.1. The van der Waals surface area contributed by atoms with Crippen molar-refractivity contribution in [3.63, 3.8) is 0 Å². The highest BCUT2D eigenvalue weighted by molar-refractivity contribution is 6.32. The Morgan fingerprint density at radius 3 is 2.78 bits per heavy atom. The molecule has 3 rings (SSSR count). The van der Waals surface area contributed by atoms with Crippen molar-refractivity contribution in [2.45, 2.75) is 18.4 Å². The van der Waals surface area contributed by atoms with E-state index in [2.05, 4.69) is 4.99 Å². The highest BCUT2D eigenvalue weighted by Gasteiger charge is 2.48. The molecule has 1 aromatic carbocycles. The molecule has 94 valence electrons. The van der Waals surface area contributed by atoms with E-state index in [1.165, 1.54) is 12.1 Å². The molecule has 1 aliphatic carbocycles. The van der Waals surface area contributed by atoms with Crippen LogP contribution in [0.4, 0.5) is 4.39 Å². The lowest BCUT2D eigenvalue weighted by Gasteiger charge is -2.22. The van der Waals surface area contributed by atoms with E-state index in [1.807, 2.05) is 0 Å². The first kappa shape index (κ1) is 11.5. The van der Waals surface area contributed by atoms with Crippen molar-refractivity contribution < 1.29 is 18.7 Å². The van der Waals surface area contributed by atoms with Gasteiger partial charge in [-0.15, -0.1) is 0 Å². The van der Waals surface area contributed by atoms with E-state index in [1.54, 1.807) is 0 Å². The zero-order valence-electron chi connectivity index (χ0n) is 9.33. The first-order valence-electron chi connectivity index (χ1n) is 5.55. The third-order valence-electron chi connectivity index (χ3n) is 3.20. The van der Waals surface area contributed by atoms with E-state index in [4.69, 9.17) is 21.1 Å². The molecular formula is C12H9ClFNO3. The molecule has 0 aromatic heterocycles.